The summed E-state index contributed by atoms with van der Waals surface area (Å²) in [7, 11) is -0.0198. The summed E-state index contributed by atoms with van der Waals surface area (Å²) in [6.07, 6.45) is 5.45. The summed E-state index contributed by atoms with van der Waals surface area (Å²) in [5.74, 6) is 0.712. The van der Waals surface area contributed by atoms with E-state index in [9.17, 15) is 19.2 Å². The van der Waals surface area contributed by atoms with E-state index in [1.807, 2.05) is 22.7 Å². The highest BCUT2D eigenvalue weighted by molar-refractivity contribution is 8.00. The second-order valence-corrected chi connectivity index (χ2v) is 9.10. The number of rotatable bonds is 7. The van der Waals surface area contributed by atoms with E-state index in [4.69, 9.17) is 4.42 Å². The van der Waals surface area contributed by atoms with Gasteiger partial charge in [-0.2, -0.15) is 0 Å². The Morgan fingerprint density at radius 2 is 1.94 bits per heavy atom. The predicted octanol–water partition coefficient (Wildman–Crippen LogP) is 3.97. The molecule has 0 unspecified atom stereocenters. The molecule has 7 nitrogen and oxygen atoms in total. The molecule has 1 fully saturated rings. The third-order valence-corrected chi connectivity index (χ3v) is 6.84. The summed E-state index contributed by atoms with van der Waals surface area (Å²) in [5.41, 5.74) is 3.83. The van der Waals surface area contributed by atoms with Crippen LogP contribution in [0.5, 0.6) is 0 Å². The van der Waals surface area contributed by atoms with E-state index in [1.165, 1.54) is 30.3 Å². The third-order valence-electron chi connectivity index (χ3n) is 6.09. The SMILES string of the molecule is CNC(=O)c1c(-c2ccc(F)cc2)oc2cc(N(SC)c3ccc(B(O)O)cn3)c(C3CC3)cc12. The topological polar surface area (TPSA) is 98.8 Å². The fraction of sp³-hybridized carbons (Fsp3) is 0.200. The molecule has 178 valence electrons. The number of nitrogens with zero attached hydrogens (tertiary/aromatic N) is 2. The normalized spacial score (nSPS) is 13.2. The molecule has 2 aromatic heterocycles. The number of nitrogens with one attached hydrogen (secondary N) is 1. The number of benzene rings is 2. The fourth-order valence-electron chi connectivity index (χ4n) is 4.19. The van der Waals surface area contributed by atoms with Gasteiger partial charge < -0.3 is 19.8 Å². The van der Waals surface area contributed by atoms with Gasteiger partial charge in [0.15, 0.2) is 0 Å². The average Bonchev–Trinajstić information content (AvgIpc) is 3.65. The predicted molar refractivity (Wildman–Crippen MR) is 137 cm³/mol. The van der Waals surface area contributed by atoms with Crippen LogP contribution in [0.3, 0.4) is 0 Å². The zero-order chi connectivity index (χ0) is 24.7. The number of furan rings is 1. The minimum Gasteiger partial charge on any atom is -0.455 e. The van der Waals surface area contributed by atoms with E-state index >= 15 is 0 Å². The number of hydrogen-bond acceptors (Lipinski definition) is 7. The van der Waals surface area contributed by atoms with E-state index in [2.05, 4.69) is 10.3 Å². The number of halogens is 1. The molecule has 35 heavy (non-hydrogen) atoms. The molecule has 4 aromatic rings. The van der Waals surface area contributed by atoms with Crippen molar-refractivity contribution in [3.05, 3.63) is 71.7 Å². The number of amides is 1. The lowest BCUT2D eigenvalue weighted by Crippen LogP contribution is -2.30. The first-order valence-corrected chi connectivity index (χ1v) is 12.3. The first kappa shape index (κ1) is 23.4. The van der Waals surface area contributed by atoms with Gasteiger partial charge in [-0.3, -0.25) is 9.10 Å². The molecule has 0 saturated heterocycles. The Labute approximate surface area is 206 Å². The number of pyridine rings is 1. The summed E-state index contributed by atoms with van der Waals surface area (Å²) < 4.78 is 21.7. The summed E-state index contributed by atoms with van der Waals surface area (Å²) in [4.78, 5) is 17.3. The number of fused-ring (bicyclic) bond motifs is 1. The van der Waals surface area contributed by atoms with Gasteiger partial charge in [-0.25, -0.2) is 9.37 Å². The average molecular weight is 491 g/mol. The van der Waals surface area contributed by atoms with Crippen molar-refractivity contribution in [2.75, 3.05) is 17.6 Å². The van der Waals surface area contributed by atoms with Crippen LogP contribution in [0.2, 0.25) is 0 Å². The smallest absolute Gasteiger partial charge is 0.455 e. The lowest BCUT2D eigenvalue weighted by Gasteiger charge is -2.23. The Kier molecular flexibility index (Phi) is 6.27. The lowest BCUT2D eigenvalue weighted by molar-refractivity contribution is 0.0964. The van der Waals surface area contributed by atoms with Crippen molar-refractivity contribution in [3.8, 4) is 11.3 Å². The van der Waals surface area contributed by atoms with Crippen LogP contribution in [0.15, 0.2) is 59.1 Å². The summed E-state index contributed by atoms with van der Waals surface area (Å²) in [6, 6.07) is 13.1. The first-order valence-electron chi connectivity index (χ1n) is 11.2. The molecule has 1 aliphatic carbocycles. The van der Waals surface area contributed by atoms with Crippen LogP contribution in [0, 0.1) is 5.82 Å². The van der Waals surface area contributed by atoms with Gasteiger partial charge in [0.2, 0.25) is 0 Å². The molecule has 10 heteroatoms. The molecule has 2 heterocycles. The van der Waals surface area contributed by atoms with Crippen molar-refractivity contribution < 1.29 is 23.7 Å². The molecule has 1 amide bonds. The Balaban J connectivity index is 1.69. The van der Waals surface area contributed by atoms with Gasteiger partial charge in [-0.05, 0) is 72.7 Å². The third kappa shape index (κ3) is 4.40. The standard InChI is InChI=1S/C25H23BFN3O4S/c1-28-25(31)23-19-11-18(14-3-4-14)20(30(35-2)22-10-7-16(13-29-22)26(32)33)12-21(19)34-24(23)15-5-8-17(27)9-6-15/h5-14,32-33H,3-4H2,1-2H3,(H,28,31). The molecule has 3 N–H and O–H groups in total. The summed E-state index contributed by atoms with van der Waals surface area (Å²) in [5, 5.41) is 22.2. The van der Waals surface area contributed by atoms with Crippen molar-refractivity contribution in [2.24, 2.45) is 0 Å². The molecule has 2 aromatic carbocycles. The second-order valence-electron chi connectivity index (χ2n) is 8.37. The number of aromatic nitrogens is 1. The molecular weight excluding hydrogens is 468 g/mol. The van der Waals surface area contributed by atoms with Crippen molar-refractivity contribution in [2.45, 2.75) is 18.8 Å². The Bertz CT molecular complexity index is 1390. The van der Waals surface area contributed by atoms with Crippen molar-refractivity contribution >= 4 is 52.9 Å². The summed E-state index contributed by atoms with van der Waals surface area (Å²) >= 11 is 1.46. The lowest BCUT2D eigenvalue weighted by atomic mass is 9.82. The second kappa shape index (κ2) is 9.37. The maximum absolute atomic E-state index is 13.5. The molecule has 0 radical (unpaired) electrons. The van der Waals surface area contributed by atoms with Crippen LogP contribution in [0.25, 0.3) is 22.3 Å². The Hall–Kier alpha value is -3.34. The quantitative estimate of drug-likeness (QED) is 0.266. The molecule has 5 rings (SSSR count). The highest BCUT2D eigenvalue weighted by Gasteiger charge is 2.32. The molecule has 0 bridgehead atoms. The van der Waals surface area contributed by atoms with Gasteiger partial charge in [-0.15, -0.1) is 0 Å². The number of hydrogen-bond donors (Lipinski definition) is 3. The van der Waals surface area contributed by atoms with Gasteiger partial charge in [-0.1, -0.05) is 6.07 Å². The Morgan fingerprint density at radius 1 is 1.20 bits per heavy atom. The maximum Gasteiger partial charge on any atom is 0.490 e. The van der Waals surface area contributed by atoms with Crippen molar-refractivity contribution in [3.63, 3.8) is 0 Å². The van der Waals surface area contributed by atoms with Crippen molar-refractivity contribution in [1.29, 1.82) is 0 Å². The van der Waals surface area contributed by atoms with Gasteiger partial charge in [0.25, 0.3) is 5.91 Å². The van der Waals surface area contributed by atoms with Crippen LogP contribution >= 0.6 is 11.9 Å². The van der Waals surface area contributed by atoms with Crippen LogP contribution < -0.4 is 15.1 Å². The highest BCUT2D eigenvalue weighted by Crippen LogP contribution is 2.49. The zero-order valence-electron chi connectivity index (χ0n) is 19.2. The summed E-state index contributed by atoms with van der Waals surface area (Å²) in [6.45, 7) is 0. The van der Waals surface area contributed by atoms with Gasteiger partial charge in [0.1, 0.15) is 23.0 Å². The van der Waals surface area contributed by atoms with Gasteiger partial charge in [0.05, 0.1) is 11.3 Å². The van der Waals surface area contributed by atoms with Crippen LogP contribution in [0.1, 0.15) is 34.7 Å². The largest absolute Gasteiger partial charge is 0.490 e. The van der Waals surface area contributed by atoms with Crippen molar-refractivity contribution in [1.82, 2.24) is 10.3 Å². The molecule has 1 aliphatic rings. The molecule has 0 spiro atoms. The van der Waals surface area contributed by atoms with Gasteiger partial charge >= 0.3 is 7.12 Å². The van der Waals surface area contributed by atoms with Crippen LogP contribution in [-0.4, -0.2) is 41.4 Å². The minimum atomic E-state index is -1.59. The van der Waals surface area contributed by atoms with E-state index in [1.54, 1.807) is 31.3 Å². The van der Waals surface area contributed by atoms with E-state index in [-0.39, 0.29) is 11.7 Å². The number of carbonyl (C=O) groups is 1. The monoisotopic (exact) mass is 491 g/mol. The maximum atomic E-state index is 13.5. The number of carbonyl (C=O) groups excluding carboxylic acids is 1. The fourth-order valence-corrected chi connectivity index (χ4v) is 4.84. The molecular formula is C25H23BFN3O4S. The number of anilines is 2. The van der Waals surface area contributed by atoms with Crippen LogP contribution in [0.4, 0.5) is 15.9 Å². The van der Waals surface area contributed by atoms with E-state index in [0.717, 1.165) is 24.1 Å². The molecule has 1 saturated carbocycles. The van der Waals surface area contributed by atoms with E-state index < -0.39 is 7.12 Å². The zero-order valence-corrected chi connectivity index (χ0v) is 20.0. The minimum absolute atomic E-state index is 0.279. The first-order chi connectivity index (χ1) is 16.9. The molecule has 0 atom stereocenters. The Morgan fingerprint density at radius 3 is 2.51 bits per heavy atom. The molecule has 0 aliphatic heterocycles. The highest BCUT2D eigenvalue weighted by atomic mass is 32.2. The van der Waals surface area contributed by atoms with Gasteiger partial charge in [0, 0.05) is 42.0 Å². The van der Waals surface area contributed by atoms with E-state index in [0.29, 0.717) is 45.1 Å². The van der Waals surface area contributed by atoms with Crippen LogP contribution in [-0.2, 0) is 0 Å².